The summed E-state index contributed by atoms with van der Waals surface area (Å²) in [4.78, 5) is 4.83. The minimum Gasteiger partial charge on any atom is -0.361 e. The Morgan fingerprint density at radius 3 is 2.46 bits per heavy atom. The maximum absolute atomic E-state index is 3.49. The standard InChI is InChI=1S/C9H13BrN2S/c1-11-4-6-12(7-5-11)9-3-2-8(10)13-9/h2-3H,4-7H2,1H3. The molecule has 2 rings (SSSR count). The molecule has 1 aliphatic rings. The van der Waals surface area contributed by atoms with Crippen molar-refractivity contribution in [3.05, 3.63) is 15.9 Å². The van der Waals surface area contributed by atoms with Gasteiger partial charge in [0, 0.05) is 26.2 Å². The molecule has 0 spiro atoms. The average Bonchev–Trinajstić information content (AvgIpc) is 2.53. The first-order valence-electron chi connectivity index (χ1n) is 4.44. The molecule has 0 bridgehead atoms. The zero-order valence-corrected chi connectivity index (χ0v) is 10.1. The number of nitrogens with zero attached hydrogens (tertiary/aromatic N) is 2. The Hall–Kier alpha value is -0.0600. The van der Waals surface area contributed by atoms with Gasteiger partial charge in [-0.25, -0.2) is 0 Å². The van der Waals surface area contributed by atoms with E-state index >= 15 is 0 Å². The van der Waals surface area contributed by atoms with Gasteiger partial charge in [-0.3, -0.25) is 0 Å². The second-order valence-electron chi connectivity index (χ2n) is 3.37. The molecule has 13 heavy (non-hydrogen) atoms. The van der Waals surface area contributed by atoms with Gasteiger partial charge in [-0.15, -0.1) is 11.3 Å². The first-order valence-corrected chi connectivity index (χ1v) is 6.05. The number of halogens is 1. The van der Waals surface area contributed by atoms with E-state index in [9.17, 15) is 0 Å². The molecule has 1 fully saturated rings. The van der Waals surface area contributed by atoms with Gasteiger partial charge in [0.1, 0.15) is 0 Å². The predicted molar refractivity (Wildman–Crippen MR) is 61.7 cm³/mol. The highest BCUT2D eigenvalue weighted by Gasteiger charge is 2.15. The largest absolute Gasteiger partial charge is 0.361 e. The molecule has 0 amide bonds. The van der Waals surface area contributed by atoms with E-state index in [4.69, 9.17) is 0 Å². The Morgan fingerprint density at radius 1 is 1.23 bits per heavy atom. The summed E-state index contributed by atoms with van der Waals surface area (Å²) in [5.74, 6) is 0. The fourth-order valence-corrected chi connectivity index (χ4v) is 2.91. The van der Waals surface area contributed by atoms with Crippen molar-refractivity contribution < 1.29 is 0 Å². The van der Waals surface area contributed by atoms with Gasteiger partial charge in [-0.1, -0.05) is 0 Å². The number of thiophene rings is 1. The normalized spacial score (nSPS) is 19.4. The molecule has 0 unspecified atom stereocenters. The second kappa shape index (κ2) is 3.98. The Balaban J connectivity index is 2.02. The molecule has 2 nitrogen and oxygen atoms in total. The van der Waals surface area contributed by atoms with Crippen molar-refractivity contribution >= 4 is 32.3 Å². The molecule has 72 valence electrons. The van der Waals surface area contributed by atoms with E-state index in [2.05, 4.69) is 44.9 Å². The molecule has 0 radical (unpaired) electrons. The molecule has 1 saturated heterocycles. The predicted octanol–water partition coefficient (Wildman–Crippen LogP) is 2.26. The first-order chi connectivity index (χ1) is 6.25. The Morgan fingerprint density at radius 2 is 1.92 bits per heavy atom. The highest BCUT2D eigenvalue weighted by Crippen LogP contribution is 2.30. The van der Waals surface area contributed by atoms with E-state index in [-0.39, 0.29) is 0 Å². The van der Waals surface area contributed by atoms with Crippen LogP contribution >= 0.6 is 27.3 Å². The summed E-state index contributed by atoms with van der Waals surface area (Å²) in [6.45, 7) is 4.66. The summed E-state index contributed by atoms with van der Waals surface area (Å²) in [5, 5.41) is 1.39. The molecule has 0 atom stereocenters. The molecular formula is C9H13BrN2S. The first kappa shape index (κ1) is 9.49. The quantitative estimate of drug-likeness (QED) is 0.765. The average molecular weight is 261 g/mol. The van der Waals surface area contributed by atoms with E-state index < -0.39 is 0 Å². The smallest absolute Gasteiger partial charge is 0.0921 e. The van der Waals surface area contributed by atoms with Crippen molar-refractivity contribution in [1.29, 1.82) is 0 Å². The monoisotopic (exact) mass is 260 g/mol. The van der Waals surface area contributed by atoms with Crippen LogP contribution in [0.25, 0.3) is 0 Å². The van der Waals surface area contributed by atoms with Crippen LogP contribution in [-0.2, 0) is 0 Å². The number of anilines is 1. The molecule has 4 heteroatoms. The van der Waals surface area contributed by atoms with E-state index in [1.807, 2.05) is 11.3 Å². The molecule has 0 saturated carbocycles. The maximum atomic E-state index is 3.49. The minimum atomic E-state index is 1.16. The lowest BCUT2D eigenvalue weighted by atomic mass is 10.3. The number of hydrogen-bond donors (Lipinski definition) is 0. The second-order valence-corrected chi connectivity index (χ2v) is 5.81. The van der Waals surface area contributed by atoms with Gasteiger partial charge in [0.15, 0.2) is 0 Å². The van der Waals surface area contributed by atoms with Gasteiger partial charge >= 0.3 is 0 Å². The number of hydrogen-bond acceptors (Lipinski definition) is 3. The number of rotatable bonds is 1. The Kier molecular flexibility index (Phi) is 2.91. The van der Waals surface area contributed by atoms with Crippen LogP contribution in [0.2, 0.25) is 0 Å². The van der Waals surface area contributed by atoms with Gasteiger partial charge < -0.3 is 9.80 Å². The lowest BCUT2D eigenvalue weighted by Crippen LogP contribution is -2.44. The topological polar surface area (TPSA) is 6.48 Å². The molecule has 0 N–H and O–H groups in total. The summed E-state index contributed by atoms with van der Waals surface area (Å²) >= 11 is 5.31. The summed E-state index contributed by atoms with van der Waals surface area (Å²) < 4.78 is 1.22. The highest BCUT2D eigenvalue weighted by atomic mass is 79.9. The maximum Gasteiger partial charge on any atom is 0.0921 e. The zero-order valence-electron chi connectivity index (χ0n) is 7.66. The van der Waals surface area contributed by atoms with Crippen LogP contribution < -0.4 is 4.90 Å². The van der Waals surface area contributed by atoms with Crippen LogP contribution in [0.5, 0.6) is 0 Å². The molecular weight excluding hydrogens is 248 g/mol. The van der Waals surface area contributed by atoms with Gasteiger partial charge in [0.05, 0.1) is 8.79 Å². The fraction of sp³-hybridized carbons (Fsp3) is 0.556. The van der Waals surface area contributed by atoms with Crippen molar-refractivity contribution in [2.75, 3.05) is 38.1 Å². The van der Waals surface area contributed by atoms with Crippen LogP contribution in [0.4, 0.5) is 5.00 Å². The highest BCUT2D eigenvalue weighted by molar-refractivity contribution is 9.11. The molecule has 0 aromatic carbocycles. The van der Waals surface area contributed by atoms with E-state index in [0.29, 0.717) is 0 Å². The van der Waals surface area contributed by atoms with Crippen LogP contribution in [0.1, 0.15) is 0 Å². The van der Waals surface area contributed by atoms with Gasteiger partial charge in [0.25, 0.3) is 0 Å². The zero-order chi connectivity index (χ0) is 9.26. The van der Waals surface area contributed by atoms with Crippen molar-refractivity contribution in [3.8, 4) is 0 Å². The SMILES string of the molecule is CN1CCN(c2ccc(Br)s2)CC1. The lowest BCUT2D eigenvalue weighted by Gasteiger charge is -2.32. The van der Waals surface area contributed by atoms with Crippen molar-refractivity contribution in [3.63, 3.8) is 0 Å². The molecule has 0 aliphatic carbocycles. The fourth-order valence-electron chi connectivity index (χ4n) is 1.50. The number of likely N-dealkylation sites (N-methyl/N-ethyl adjacent to an activating group) is 1. The lowest BCUT2D eigenvalue weighted by molar-refractivity contribution is 0.313. The third-order valence-electron chi connectivity index (χ3n) is 2.37. The van der Waals surface area contributed by atoms with Gasteiger partial charge in [0.2, 0.25) is 0 Å². The summed E-state index contributed by atoms with van der Waals surface area (Å²) in [6.07, 6.45) is 0. The van der Waals surface area contributed by atoms with E-state index in [0.717, 1.165) is 13.1 Å². The summed E-state index contributed by atoms with van der Waals surface area (Å²) in [5.41, 5.74) is 0. The molecule has 1 aromatic rings. The Labute approximate surface area is 91.3 Å². The Bertz CT molecular complexity index is 279. The van der Waals surface area contributed by atoms with Crippen LogP contribution in [0.3, 0.4) is 0 Å². The van der Waals surface area contributed by atoms with Crippen molar-refractivity contribution in [2.24, 2.45) is 0 Å². The third-order valence-corrected chi connectivity index (χ3v) is 4.06. The van der Waals surface area contributed by atoms with E-state index in [1.165, 1.54) is 21.9 Å². The van der Waals surface area contributed by atoms with Crippen molar-refractivity contribution in [2.45, 2.75) is 0 Å². The molecule has 1 aliphatic heterocycles. The van der Waals surface area contributed by atoms with Crippen LogP contribution in [0.15, 0.2) is 15.9 Å². The summed E-state index contributed by atoms with van der Waals surface area (Å²) in [7, 11) is 2.18. The van der Waals surface area contributed by atoms with Gasteiger partial charge in [-0.2, -0.15) is 0 Å². The molecule has 1 aromatic heterocycles. The number of piperazine rings is 1. The summed E-state index contributed by atoms with van der Waals surface area (Å²) in [6, 6.07) is 4.32. The third kappa shape index (κ3) is 2.24. The molecule has 2 heterocycles. The van der Waals surface area contributed by atoms with Crippen LogP contribution in [-0.4, -0.2) is 38.1 Å². The minimum absolute atomic E-state index is 1.16. The van der Waals surface area contributed by atoms with Crippen molar-refractivity contribution in [1.82, 2.24) is 4.90 Å². The van der Waals surface area contributed by atoms with Crippen LogP contribution in [0, 0.1) is 0 Å². The van der Waals surface area contributed by atoms with E-state index in [1.54, 1.807) is 0 Å². The van der Waals surface area contributed by atoms with Gasteiger partial charge in [-0.05, 0) is 35.1 Å².